The van der Waals surface area contributed by atoms with Crippen molar-refractivity contribution in [2.45, 2.75) is 27.7 Å². The van der Waals surface area contributed by atoms with Gasteiger partial charge in [0.15, 0.2) is 0 Å². The van der Waals surface area contributed by atoms with Crippen LogP contribution in [0.4, 0.5) is 0 Å². The van der Waals surface area contributed by atoms with Crippen molar-refractivity contribution in [3.05, 3.63) is 70.8 Å². The number of hydrogen-bond donors (Lipinski definition) is 0. The zero-order chi connectivity index (χ0) is 12.0. The molecule has 17 heavy (non-hydrogen) atoms. The predicted molar refractivity (Wildman–Crippen MR) is 69.5 cm³/mol. The van der Waals surface area contributed by atoms with E-state index in [0.29, 0.717) is 0 Å². The summed E-state index contributed by atoms with van der Waals surface area (Å²) in [6.07, 6.45) is 0. The quantitative estimate of drug-likeness (QED) is 0.499. The molecule has 0 amide bonds. The molecule has 0 aliphatic carbocycles. The third-order valence-electron chi connectivity index (χ3n) is 2.17. The average Bonchev–Trinajstić information content (AvgIpc) is 2.17. The fourth-order valence-corrected chi connectivity index (χ4v) is 1.46. The van der Waals surface area contributed by atoms with Gasteiger partial charge in [-0.3, -0.25) is 0 Å². The molecule has 0 heterocycles. The third kappa shape index (κ3) is 7.07. The topological polar surface area (TPSA) is 0 Å². The Balaban J connectivity index is 0.000000284. The number of hydrogen-bond acceptors (Lipinski definition) is 0. The Labute approximate surface area is 118 Å². The van der Waals surface area contributed by atoms with E-state index in [1.807, 2.05) is 64.1 Å². The Morgan fingerprint density at radius 1 is 0.588 bits per heavy atom. The van der Waals surface area contributed by atoms with Crippen molar-refractivity contribution in [3.63, 3.8) is 0 Å². The Kier molecular flexibility index (Phi) is 7.75. The summed E-state index contributed by atoms with van der Waals surface area (Å²) in [6, 6.07) is 18.6. The summed E-state index contributed by atoms with van der Waals surface area (Å²) in [5.41, 5.74) is 4.85. The first-order valence-electron chi connectivity index (χ1n) is 5.49. The van der Waals surface area contributed by atoms with Crippen molar-refractivity contribution < 1.29 is 19.5 Å². The molecule has 84 valence electrons. The van der Waals surface area contributed by atoms with Gasteiger partial charge in [0, 0.05) is 0 Å². The van der Waals surface area contributed by atoms with E-state index in [2.05, 4.69) is 12.1 Å². The van der Waals surface area contributed by atoms with E-state index in [0.717, 1.165) is 0 Å². The molecule has 0 spiro atoms. The summed E-state index contributed by atoms with van der Waals surface area (Å²) in [7, 11) is 0. The van der Waals surface area contributed by atoms with E-state index in [-0.39, 0.29) is 19.5 Å². The van der Waals surface area contributed by atoms with Crippen LogP contribution in [-0.4, -0.2) is 0 Å². The minimum absolute atomic E-state index is 0. The summed E-state index contributed by atoms with van der Waals surface area (Å²) >= 11 is 0. The molecule has 0 aliphatic heterocycles. The van der Waals surface area contributed by atoms with Crippen LogP contribution in [0.1, 0.15) is 22.3 Å². The molecule has 2 rings (SSSR count). The van der Waals surface area contributed by atoms with Gasteiger partial charge in [0.25, 0.3) is 0 Å². The average molecular weight is 276 g/mol. The van der Waals surface area contributed by atoms with Crippen molar-refractivity contribution in [3.8, 4) is 0 Å². The monoisotopic (exact) mass is 274 g/mol. The molecule has 0 radical (unpaired) electrons. The SMILES string of the molecule is Cc1[c-]c(C)ccc1.Cc1[c-]c(C)ccc1.[Zn+2]. The minimum Gasteiger partial charge on any atom is -0.177 e. The molecule has 2 aromatic rings. The maximum Gasteiger partial charge on any atom is 2.00 e. The first-order chi connectivity index (χ1) is 7.58. The maximum atomic E-state index is 3.17. The Bertz CT molecular complexity index is 369. The van der Waals surface area contributed by atoms with Crippen LogP contribution < -0.4 is 0 Å². The van der Waals surface area contributed by atoms with Crippen LogP contribution in [0.15, 0.2) is 36.4 Å². The molecule has 2 aromatic carbocycles. The Hall–Kier alpha value is -0.937. The Morgan fingerprint density at radius 2 is 0.824 bits per heavy atom. The first kappa shape index (κ1) is 16.1. The maximum absolute atomic E-state index is 3.17. The van der Waals surface area contributed by atoms with Gasteiger partial charge in [-0.15, -0.1) is 0 Å². The van der Waals surface area contributed by atoms with E-state index < -0.39 is 0 Å². The molecule has 0 unspecified atom stereocenters. The summed E-state index contributed by atoms with van der Waals surface area (Å²) in [5.74, 6) is 0. The van der Waals surface area contributed by atoms with Gasteiger partial charge in [-0.1, -0.05) is 27.7 Å². The smallest absolute Gasteiger partial charge is 0.177 e. The van der Waals surface area contributed by atoms with Gasteiger partial charge < -0.3 is 0 Å². The molecule has 0 N–H and O–H groups in total. The second-order valence-corrected chi connectivity index (χ2v) is 4.03. The summed E-state index contributed by atoms with van der Waals surface area (Å²) < 4.78 is 0. The molecule has 0 aliphatic rings. The van der Waals surface area contributed by atoms with Crippen molar-refractivity contribution in [1.82, 2.24) is 0 Å². The van der Waals surface area contributed by atoms with Gasteiger partial charge in [0.2, 0.25) is 0 Å². The standard InChI is InChI=1S/2C8H9.Zn/c2*1-7-4-3-5-8(2)6-7;/h2*3-5H,1-2H3;/q2*-1;+2. The molecule has 0 saturated carbocycles. The van der Waals surface area contributed by atoms with Crippen LogP contribution in [0.25, 0.3) is 0 Å². The van der Waals surface area contributed by atoms with E-state index in [9.17, 15) is 0 Å². The van der Waals surface area contributed by atoms with E-state index in [4.69, 9.17) is 0 Å². The van der Waals surface area contributed by atoms with Crippen LogP contribution in [0.3, 0.4) is 0 Å². The normalized spacial score (nSPS) is 8.71. The van der Waals surface area contributed by atoms with Crippen LogP contribution in [-0.2, 0) is 19.5 Å². The van der Waals surface area contributed by atoms with Gasteiger partial charge in [-0.05, 0) is 0 Å². The zero-order valence-corrected chi connectivity index (χ0v) is 14.1. The molecule has 1 heteroatoms. The molecule has 0 bridgehead atoms. The molecular formula is C16H18Zn. The predicted octanol–water partition coefficient (Wildman–Crippen LogP) is 4.20. The molecule has 0 fully saturated rings. The molecule has 0 nitrogen and oxygen atoms in total. The van der Waals surface area contributed by atoms with Crippen LogP contribution >= 0.6 is 0 Å². The van der Waals surface area contributed by atoms with Crippen LogP contribution in [0.5, 0.6) is 0 Å². The number of rotatable bonds is 0. The van der Waals surface area contributed by atoms with Gasteiger partial charge in [0.05, 0.1) is 0 Å². The summed E-state index contributed by atoms with van der Waals surface area (Å²) in [4.78, 5) is 0. The summed E-state index contributed by atoms with van der Waals surface area (Å²) in [6.45, 7) is 8.19. The fourth-order valence-electron chi connectivity index (χ4n) is 1.46. The van der Waals surface area contributed by atoms with Crippen molar-refractivity contribution in [2.75, 3.05) is 0 Å². The zero-order valence-electron chi connectivity index (χ0n) is 11.2. The van der Waals surface area contributed by atoms with Gasteiger partial charge >= 0.3 is 19.5 Å². The second kappa shape index (κ2) is 8.20. The second-order valence-electron chi connectivity index (χ2n) is 4.03. The summed E-state index contributed by atoms with van der Waals surface area (Å²) in [5, 5.41) is 0. The Morgan fingerprint density at radius 3 is 0.941 bits per heavy atom. The van der Waals surface area contributed by atoms with Gasteiger partial charge in [0.1, 0.15) is 0 Å². The van der Waals surface area contributed by atoms with Crippen molar-refractivity contribution in [2.24, 2.45) is 0 Å². The minimum atomic E-state index is 0. The fraction of sp³-hybridized carbons (Fsp3) is 0.250. The number of benzene rings is 2. The largest absolute Gasteiger partial charge is 2.00 e. The van der Waals surface area contributed by atoms with E-state index in [1.54, 1.807) is 0 Å². The first-order valence-corrected chi connectivity index (χ1v) is 5.49. The molecule has 0 atom stereocenters. The van der Waals surface area contributed by atoms with Gasteiger partial charge in [-0.25, -0.2) is 0 Å². The number of aryl methyl sites for hydroxylation is 4. The van der Waals surface area contributed by atoms with Gasteiger partial charge in [-0.2, -0.15) is 70.8 Å². The molecule has 0 saturated heterocycles. The van der Waals surface area contributed by atoms with E-state index >= 15 is 0 Å². The molecule has 0 aromatic heterocycles. The van der Waals surface area contributed by atoms with E-state index in [1.165, 1.54) is 22.3 Å². The van der Waals surface area contributed by atoms with Crippen molar-refractivity contribution >= 4 is 0 Å². The van der Waals surface area contributed by atoms with Crippen LogP contribution in [0, 0.1) is 39.8 Å². The van der Waals surface area contributed by atoms with Crippen LogP contribution in [0.2, 0.25) is 0 Å². The molecular weight excluding hydrogens is 258 g/mol. The third-order valence-corrected chi connectivity index (χ3v) is 2.17. The van der Waals surface area contributed by atoms with Crippen molar-refractivity contribution in [1.29, 1.82) is 0 Å².